The molecule has 0 heterocycles. The van der Waals surface area contributed by atoms with Gasteiger partial charge in [0.15, 0.2) is 11.9 Å². The minimum Gasteiger partial charge on any atom is -0.474 e. The van der Waals surface area contributed by atoms with Gasteiger partial charge in [-0.2, -0.15) is 5.26 Å². The van der Waals surface area contributed by atoms with E-state index in [2.05, 4.69) is 0 Å². The number of nitro groups is 1. The van der Waals surface area contributed by atoms with Crippen LogP contribution in [0.25, 0.3) is 0 Å². The van der Waals surface area contributed by atoms with Crippen LogP contribution in [0.1, 0.15) is 13.3 Å². The maximum absolute atomic E-state index is 12.8. The molecule has 7 heteroatoms. The molecule has 1 atom stereocenters. The molecule has 0 aliphatic carbocycles. The van der Waals surface area contributed by atoms with E-state index in [1.807, 2.05) is 12.1 Å². The Balaban J connectivity index is 2.21. The van der Waals surface area contributed by atoms with Crippen molar-refractivity contribution in [2.45, 2.75) is 19.4 Å². The van der Waals surface area contributed by atoms with Crippen LogP contribution in [0, 0.1) is 21.4 Å². The lowest BCUT2D eigenvalue weighted by molar-refractivity contribution is -0.386. The summed E-state index contributed by atoms with van der Waals surface area (Å²) in [7, 11) is 0. The van der Waals surface area contributed by atoms with Gasteiger partial charge in [-0.05, 0) is 25.1 Å². The third-order valence-electron chi connectivity index (χ3n) is 3.49. The highest BCUT2D eigenvalue weighted by Gasteiger charge is 2.25. The molecule has 2 aromatic carbocycles. The molecular formula is C18H17N3O4. The predicted molar refractivity (Wildman–Crippen MR) is 92.2 cm³/mol. The Hall–Kier alpha value is -3.40. The Bertz CT molecular complexity index is 786. The normalized spacial score (nSPS) is 11.2. The molecule has 128 valence electrons. The number of benzene rings is 2. The Morgan fingerprint density at radius 2 is 1.88 bits per heavy atom. The number of hydrogen-bond acceptors (Lipinski definition) is 5. The molecule has 0 saturated carbocycles. The lowest BCUT2D eigenvalue weighted by atomic mass is 10.2. The predicted octanol–water partition coefficient (Wildman–Crippen LogP) is 3.31. The molecule has 0 aromatic heterocycles. The van der Waals surface area contributed by atoms with Crippen molar-refractivity contribution < 1.29 is 14.5 Å². The van der Waals surface area contributed by atoms with Crippen LogP contribution in [0.2, 0.25) is 0 Å². The van der Waals surface area contributed by atoms with Gasteiger partial charge in [0.25, 0.3) is 5.91 Å². The Morgan fingerprint density at radius 1 is 1.24 bits per heavy atom. The smallest absolute Gasteiger partial charge is 0.310 e. The van der Waals surface area contributed by atoms with Crippen molar-refractivity contribution in [2.24, 2.45) is 0 Å². The fraction of sp³-hybridized carbons (Fsp3) is 0.222. The van der Waals surface area contributed by atoms with Crippen molar-refractivity contribution in [2.75, 3.05) is 11.4 Å². The van der Waals surface area contributed by atoms with Crippen LogP contribution in [-0.2, 0) is 4.79 Å². The van der Waals surface area contributed by atoms with E-state index < -0.39 is 11.0 Å². The second kappa shape index (κ2) is 8.45. The minimum absolute atomic E-state index is 0.0293. The van der Waals surface area contributed by atoms with E-state index in [4.69, 9.17) is 10.00 Å². The summed E-state index contributed by atoms with van der Waals surface area (Å²) in [4.78, 5) is 24.7. The molecule has 2 aromatic rings. The third kappa shape index (κ3) is 4.54. The minimum atomic E-state index is -0.944. The molecule has 0 saturated heterocycles. The van der Waals surface area contributed by atoms with Crippen LogP contribution in [0.15, 0.2) is 54.6 Å². The van der Waals surface area contributed by atoms with Crippen molar-refractivity contribution in [3.63, 3.8) is 0 Å². The zero-order valence-electron chi connectivity index (χ0n) is 13.7. The Labute approximate surface area is 145 Å². The molecular weight excluding hydrogens is 322 g/mol. The molecule has 2 rings (SSSR count). The zero-order chi connectivity index (χ0) is 18.2. The first-order valence-electron chi connectivity index (χ1n) is 7.68. The molecule has 0 N–H and O–H groups in total. The van der Waals surface area contributed by atoms with Crippen LogP contribution < -0.4 is 9.64 Å². The van der Waals surface area contributed by atoms with Crippen LogP contribution in [-0.4, -0.2) is 23.5 Å². The maximum atomic E-state index is 12.8. The summed E-state index contributed by atoms with van der Waals surface area (Å²) in [5, 5.41) is 19.9. The topological polar surface area (TPSA) is 96.5 Å². The molecule has 0 unspecified atom stereocenters. The summed E-state index contributed by atoms with van der Waals surface area (Å²) >= 11 is 0. The van der Waals surface area contributed by atoms with Gasteiger partial charge in [0.1, 0.15) is 0 Å². The van der Waals surface area contributed by atoms with Gasteiger partial charge in [-0.25, -0.2) is 0 Å². The average Bonchev–Trinajstić information content (AvgIpc) is 2.63. The molecule has 0 spiro atoms. The van der Waals surface area contributed by atoms with E-state index in [1.54, 1.807) is 30.3 Å². The first kappa shape index (κ1) is 17.9. The number of hydrogen-bond donors (Lipinski definition) is 0. The third-order valence-corrected chi connectivity index (χ3v) is 3.49. The highest BCUT2D eigenvalue weighted by atomic mass is 16.6. The fourth-order valence-corrected chi connectivity index (χ4v) is 2.30. The van der Waals surface area contributed by atoms with Gasteiger partial charge in [0, 0.05) is 18.3 Å². The van der Waals surface area contributed by atoms with Gasteiger partial charge >= 0.3 is 5.69 Å². The van der Waals surface area contributed by atoms with Crippen LogP contribution in [0.3, 0.4) is 0 Å². The number of carbonyl (C=O) groups is 1. The summed E-state index contributed by atoms with van der Waals surface area (Å²) < 4.78 is 5.54. The average molecular weight is 339 g/mol. The fourth-order valence-electron chi connectivity index (χ4n) is 2.30. The Morgan fingerprint density at radius 3 is 2.52 bits per heavy atom. The number of nitrogens with zero attached hydrogens (tertiary/aromatic N) is 3. The largest absolute Gasteiger partial charge is 0.474 e. The summed E-state index contributed by atoms with van der Waals surface area (Å²) in [6.45, 7) is 1.74. The number of amides is 1. The molecule has 0 radical (unpaired) electrons. The monoisotopic (exact) mass is 339 g/mol. The van der Waals surface area contributed by atoms with E-state index in [0.717, 1.165) is 0 Å². The SMILES string of the molecule is C[C@@H](Oc1ccccc1[N+](=O)[O-])C(=O)N(CCC#N)c1ccccc1. The maximum Gasteiger partial charge on any atom is 0.310 e. The van der Waals surface area contributed by atoms with Gasteiger partial charge in [-0.15, -0.1) is 0 Å². The summed E-state index contributed by atoms with van der Waals surface area (Å²) in [6.07, 6.45) is -0.779. The second-order valence-corrected chi connectivity index (χ2v) is 5.22. The highest BCUT2D eigenvalue weighted by Crippen LogP contribution is 2.27. The van der Waals surface area contributed by atoms with Crippen molar-refractivity contribution in [1.82, 2.24) is 0 Å². The van der Waals surface area contributed by atoms with E-state index in [-0.39, 0.29) is 30.3 Å². The number of ether oxygens (including phenoxy) is 1. The summed E-state index contributed by atoms with van der Waals surface area (Å²) in [6, 6.07) is 16.8. The number of nitriles is 1. The molecule has 0 aliphatic rings. The van der Waals surface area contributed by atoms with E-state index >= 15 is 0 Å². The van der Waals surface area contributed by atoms with Gasteiger partial charge < -0.3 is 9.64 Å². The van der Waals surface area contributed by atoms with Gasteiger partial charge in [-0.3, -0.25) is 14.9 Å². The van der Waals surface area contributed by atoms with Gasteiger partial charge in [0.05, 0.1) is 17.4 Å². The van der Waals surface area contributed by atoms with E-state index in [1.165, 1.54) is 30.0 Å². The highest BCUT2D eigenvalue weighted by molar-refractivity contribution is 5.96. The molecule has 1 amide bonds. The Kier molecular flexibility index (Phi) is 6.07. The molecule has 0 bridgehead atoms. The van der Waals surface area contributed by atoms with Crippen molar-refractivity contribution in [1.29, 1.82) is 5.26 Å². The number of anilines is 1. The van der Waals surface area contributed by atoms with Crippen molar-refractivity contribution in [3.05, 3.63) is 64.7 Å². The van der Waals surface area contributed by atoms with Crippen LogP contribution >= 0.6 is 0 Å². The molecule has 0 fully saturated rings. The lowest BCUT2D eigenvalue weighted by Gasteiger charge is -2.25. The molecule has 7 nitrogen and oxygen atoms in total. The van der Waals surface area contributed by atoms with E-state index in [0.29, 0.717) is 5.69 Å². The van der Waals surface area contributed by atoms with Crippen LogP contribution in [0.5, 0.6) is 5.75 Å². The first-order chi connectivity index (χ1) is 12.0. The first-order valence-corrected chi connectivity index (χ1v) is 7.68. The molecule has 25 heavy (non-hydrogen) atoms. The quantitative estimate of drug-likeness (QED) is 0.569. The van der Waals surface area contributed by atoms with Crippen LogP contribution in [0.4, 0.5) is 11.4 Å². The number of nitro benzene ring substituents is 1. The zero-order valence-corrected chi connectivity index (χ0v) is 13.7. The second-order valence-electron chi connectivity index (χ2n) is 5.22. The standard InChI is InChI=1S/C18H17N3O4/c1-14(25-17-11-6-5-10-16(17)21(23)24)18(22)20(13-7-12-19)15-8-3-2-4-9-15/h2-6,8-11,14H,7,13H2,1H3/t14-/m1/s1. The van der Waals surface area contributed by atoms with Crippen molar-refractivity contribution >= 4 is 17.3 Å². The lowest BCUT2D eigenvalue weighted by Crippen LogP contribution is -2.41. The number of rotatable bonds is 7. The van der Waals surface area contributed by atoms with Gasteiger partial charge in [0.2, 0.25) is 0 Å². The number of carbonyl (C=O) groups excluding carboxylic acids is 1. The van der Waals surface area contributed by atoms with Gasteiger partial charge in [-0.1, -0.05) is 30.3 Å². The molecule has 0 aliphatic heterocycles. The summed E-state index contributed by atoms with van der Waals surface area (Å²) in [5.74, 6) is -0.346. The summed E-state index contributed by atoms with van der Waals surface area (Å²) in [5.41, 5.74) is 0.436. The van der Waals surface area contributed by atoms with Crippen molar-refractivity contribution in [3.8, 4) is 11.8 Å². The number of para-hydroxylation sites is 3. The van der Waals surface area contributed by atoms with E-state index in [9.17, 15) is 14.9 Å².